The van der Waals surface area contributed by atoms with Crippen molar-refractivity contribution in [2.24, 2.45) is 0 Å². The molecule has 0 saturated carbocycles. The second kappa shape index (κ2) is 7.81. The number of hydrogen-bond donors (Lipinski definition) is 2. The van der Waals surface area contributed by atoms with E-state index in [1.807, 2.05) is 54.6 Å². The minimum absolute atomic E-state index is 0.238. The Morgan fingerprint density at radius 3 is 2.33 bits per heavy atom. The van der Waals surface area contributed by atoms with E-state index in [2.05, 4.69) is 12.2 Å². The molecule has 0 aliphatic heterocycles. The van der Waals surface area contributed by atoms with Gasteiger partial charge in [0.25, 0.3) is 0 Å². The number of aliphatic hydroxyl groups excluding tert-OH is 1. The molecular formula is C18H23NO2. The van der Waals surface area contributed by atoms with Crippen LogP contribution in [0.15, 0.2) is 54.6 Å². The predicted octanol–water partition coefficient (Wildman–Crippen LogP) is 3.30. The molecule has 0 bridgehead atoms. The lowest BCUT2D eigenvalue weighted by Gasteiger charge is -2.18. The van der Waals surface area contributed by atoms with Crippen LogP contribution in [0.1, 0.15) is 30.6 Å². The number of hydrogen-bond acceptors (Lipinski definition) is 3. The van der Waals surface area contributed by atoms with E-state index < -0.39 is 6.10 Å². The van der Waals surface area contributed by atoms with Gasteiger partial charge in [-0.15, -0.1) is 0 Å². The first-order chi connectivity index (χ1) is 10.2. The van der Waals surface area contributed by atoms with E-state index in [1.54, 1.807) is 7.11 Å². The van der Waals surface area contributed by atoms with Gasteiger partial charge in [0, 0.05) is 12.6 Å². The van der Waals surface area contributed by atoms with Crippen LogP contribution < -0.4 is 10.1 Å². The predicted molar refractivity (Wildman–Crippen MR) is 85.3 cm³/mol. The molecular weight excluding hydrogens is 262 g/mol. The lowest BCUT2D eigenvalue weighted by atomic mass is 10.0. The van der Waals surface area contributed by atoms with Gasteiger partial charge < -0.3 is 15.2 Å². The van der Waals surface area contributed by atoms with Crippen LogP contribution in [-0.4, -0.2) is 18.3 Å². The van der Waals surface area contributed by atoms with Crippen molar-refractivity contribution in [2.45, 2.75) is 32.0 Å². The summed E-state index contributed by atoms with van der Waals surface area (Å²) in [4.78, 5) is 0. The lowest BCUT2D eigenvalue weighted by molar-refractivity contribution is 0.154. The molecule has 2 atom stereocenters. The van der Waals surface area contributed by atoms with Gasteiger partial charge in [-0.3, -0.25) is 0 Å². The average Bonchev–Trinajstić information content (AvgIpc) is 2.54. The zero-order chi connectivity index (χ0) is 15.1. The van der Waals surface area contributed by atoms with Gasteiger partial charge in [-0.25, -0.2) is 0 Å². The zero-order valence-corrected chi connectivity index (χ0v) is 12.6. The molecule has 2 aromatic carbocycles. The largest absolute Gasteiger partial charge is 0.497 e. The summed E-state index contributed by atoms with van der Waals surface area (Å²) in [6.45, 7) is 2.88. The maximum atomic E-state index is 10.2. The van der Waals surface area contributed by atoms with E-state index in [1.165, 1.54) is 5.56 Å². The van der Waals surface area contributed by atoms with Crippen molar-refractivity contribution in [1.29, 1.82) is 0 Å². The summed E-state index contributed by atoms with van der Waals surface area (Å²) in [5.74, 6) is 0.867. The molecule has 2 aromatic rings. The molecule has 0 amide bonds. The third kappa shape index (κ3) is 4.88. The molecule has 3 nitrogen and oxygen atoms in total. The van der Waals surface area contributed by atoms with Crippen LogP contribution in [0.2, 0.25) is 0 Å². The molecule has 2 rings (SSSR count). The lowest BCUT2D eigenvalue weighted by Crippen LogP contribution is -2.27. The molecule has 0 spiro atoms. The van der Waals surface area contributed by atoms with Gasteiger partial charge >= 0.3 is 0 Å². The SMILES string of the molecule is COc1ccc(CNC(C)CC(O)c2ccccc2)cc1. The molecule has 0 saturated heterocycles. The van der Waals surface area contributed by atoms with E-state index >= 15 is 0 Å². The number of benzene rings is 2. The van der Waals surface area contributed by atoms with Gasteiger partial charge in [-0.1, -0.05) is 42.5 Å². The Balaban J connectivity index is 1.80. The van der Waals surface area contributed by atoms with Crippen LogP contribution in [0.25, 0.3) is 0 Å². The molecule has 2 unspecified atom stereocenters. The van der Waals surface area contributed by atoms with Gasteiger partial charge in [0.05, 0.1) is 13.2 Å². The Morgan fingerprint density at radius 1 is 1.05 bits per heavy atom. The molecule has 0 aliphatic carbocycles. The molecule has 0 fully saturated rings. The minimum Gasteiger partial charge on any atom is -0.497 e. The van der Waals surface area contributed by atoms with E-state index in [-0.39, 0.29) is 6.04 Å². The highest BCUT2D eigenvalue weighted by molar-refractivity contribution is 5.27. The highest BCUT2D eigenvalue weighted by Gasteiger charge is 2.11. The maximum Gasteiger partial charge on any atom is 0.118 e. The summed E-state index contributed by atoms with van der Waals surface area (Å²) in [6.07, 6.45) is 0.268. The van der Waals surface area contributed by atoms with E-state index in [0.29, 0.717) is 6.42 Å². The Bertz CT molecular complexity index is 525. The number of rotatable bonds is 7. The van der Waals surface area contributed by atoms with Crippen molar-refractivity contribution in [2.75, 3.05) is 7.11 Å². The van der Waals surface area contributed by atoms with Gasteiger partial charge in [-0.05, 0) is 36.6 Å². The summed E-state index contributed by atoms with van der Waals surface area (Å²) < 4.78 is 5.14. The second-order valence-corrected chi connectivity index (χ2v) is 5.29. The van der Waals surface area contributed by atoms with E-state index in [0.717, 1.165) is 17.9 Å². The van der Waals surface area contributed by atoms with Gasteiger partial charge in [0.15, 0.2) is 0 Å². The Hall–Kier alpha value is -1.84. The molecule has 2 N–H and O–H groups in total. The fourth-order valence-electron chi connectivity index (χ4n) is 2.26. The van der Waals surface area contributed by atoms with Crippen molar-refractivity contribution < 1.29 is 9.84 Å². The van der Waals surface area contributed by atoms with Crippen LogP contribution in [0.3, 0.4) is 0 Å². The molecule has 112 valence electrons. The quantitative estimate of drug-likeness (QED) is 0.820. The highest BCUT2D eigenvalue weighted by atomic mass is 16.5. The molecule has 0 aliphatic rings. The van der Waals surface area contributed by atoms with Crippen LogP contribution in [-0.2, 0) is 6.54 Å². The molecule has 3 heteroatoms. The second-order valence-electron chi connectivity index (χ2n) is 5.29. The monoisotopic (exact) mass is 285 g/mol. The van der Waals surface area contributed by atoms with Crippen molar-refractivity contribution in [3.63, 3.8) is 0 Å². The smallest absolute Gasteiger partial charge is 0.118 e. The summed E-state index contributed by atoms with van der Waals surface area (Å²) in [5, 5.41) is 13.6. The molecule has 0 heterocycles. The van der Waals surface area contributed by atoms with Crippen molar-refractivity contribution >= 4 is 0 Å². The number of methoxy groups -OCH3 is 1. The summed E-state index contributed by atoms with van der Waals surface area (Å²) in [7, 11) is 1.67. The first-order valence-electron chi connectivity index (χ1n) is 7.28. The maximum absolute atomic E-state index is 10.2. The summed E-state index contributed by atoms with van der Waals surface area (Å²) in [5.41, 5.74) is 2.17. The van der Waals surface area contributed by atoms with Gasteiger partial charge in [-0.2, -0.15) is 0 Å². The first-order valence-corrected chi connectivity index (χ1v) is 7.28. The molecule has 0 radical (unpaired) electrons. The van der Waals surface area contributed by atoms with Crippen LogP contribution in [0.5, 0.6) is 5.75 Å². The van der Waals surface area contributed by atoms with Crippen LogP contribution in [0, 0.1) is 0 Å². The third-order valence-corrected chi connectivity index (χ3v) is 3.57. The number of aliphatic hydroxyl groups is 1. The van der Waals surface area contributed by atoms with Gasteiger partial charge in [0.1, 0.15) is 5.75 Å². The zero-order valence-electron chi connectivity index (χ0n) is 12.6. The van der Waals surface area contributed by atoms with Crippen molar-refractivity contribution in [1.82, 2.24) is 5.32 Å². The fourth-order valence-corrected chi connectivity index (χ4v) is 2.26. The normalized spacial score (nSPS) is 13.7. The van der Waals surface area contributed by atoms with Crippen LogP contribution in [0.4, 0.5) is 0 Å². The fraction of sp³-hybridized carbons (Fsp3) is 0.333. The Labute approximate surface area is 126 Å². The van der Waals surface area contributed by atoms with E-state index in [4.69, 9.17) is 4.74 Å². The number of ether oxygens (including phenoxy) is 1. The standard InChI is InChI=1S/C18H23NO2/c1-14(12-18(20)16-6-4-3-5-7-16)19-13-15-8-10-17(21-2)11-9-15/h3-11,14,18-20H,12-13H2,1-2H3. The third-order valence-electron chi connectivity index (χ3n) is 3.57. The average molecular weight is 285 g/mol. The highest BCUT2D eigenvalue weighted by Crippen LogP contribution is 2.18. The Morgan fingerprint density at radius 2 is 1.71 bits per heavy atom. The van der Waals surface area contributed by atoms with Crippen LogP contribution >= 0.6 is 0 Å². The summed E-state index contributed by atoms with van der Waals surface area (Å²) in [6, 6.07) is 18.0. The molecule has 0 aromatic heterocycles. The molecule has 21 heavy (non-hydrogen) atoms. The topological polar surface area (TPSA) is 41.5 Å². The van der Waals surface area contributed by atoms with E-state index in [9.17, 15) is 5.11 Å². The van der Waals surface area contributed by atoms with Crippen molar-refractivity contribution in [3.05, 3.63) is 65.7 Å². The minimum atomic E-state index is -0.426. The number of nitrogens with one attached hydrogen (secondary N) is 1. The first kappa shape index (κ1) is 15.5. The van der Waals surface area contributed by atoms with Gasteiger partial charge in [0.2, 0.25) is 0 Å². The van der Waals surface area contributed by atoms with Crippen molar-refractivity contribution in [3.8, 4) is 5.75 Å². The Kier molecular flexibility index (Phi) is 5.78. The summed E-state index contributed by atoms with van der Waals surface area (Å²) >= 11 is 0.